The summed E-state index contributed by atoms with van der Waals surface area (Å²) < 4.78 is 34.7. The van der Waals surface area contributed by atoms with Crippen LogP contribution in [0, 0.1) is 0 Å². The van der Waals surface area contributed by atoms with Crippen molar-refractivity contribution >= 4 is 11.7 Å². The predicted molar refractivity (Wildman–Crippen MR) is 31.1 cm³/mol. The zero-order valence-corrected chi connectivity index (χ0v) is 5.51. The monoisotopic (exact) mass is 180 g/mol. The maximum Gasteiger partial charge on any atom is 0.471 e. The van der Waals surface area contributed by atoms with E-state index in [1.165, 1.54) is 5.32 Å². The van der Waals surface area contributed by atoms with Gasteiger partial charge in [0.1, 0.15) is 0 Å². The van der Waals surface area contributed by atoms with Crippen LogP contribution in [0.4, 0.5) is 19.0 Å². The molecule has 0 unspecified atom stereocenters. The van der Waals surface area contributed by atoms with E-state index in [9.17, 15) is 18.0 Å². The molecule has 8 heteroatoms. The number of aromatic nitrogens is 3. The van der Waals surface area contributed by atoms with Gasteiger partial charge in [0, 0.05) is 0 Å². The van der Waals surface area contributed by atoms with Crippen molar-refractivity contribution in [1.82, 2.24) is 15.4 Å². The van der Waals surface area contributed by atoms with Crippen molar-refractivity contribution in [2.75, 3.05) is 5.32 Å². The molecule has 12 heavy (non-hydrogen) atoms. The highest BCUT2D eigenvalue weighted by Gasteiger charge is 2.38. The van der Waals surface area contributed by atoms with Gasteiger partial charge in [-0.05, 0) is 0 Å². The number of rotatable bonds is 1. The topological polar surface area (TPSA) is 70.7 Å². The smallest absolute Gasteiger partial charge is 0.300 e. The third-order valence-electron chi connectivity index (χ3n) is 0.914. The summed E-state index contributed by atoms with van der Waals surface area (Å²) in [5, 5.41) is 9.94. The minimum Gasteiger partial charge on any atom is -0.300 e. The van der Waals surface area contributed by atoms with E-state index in [1.54, 1.807) is 0 Å². The fraction of sp³-hybridized carbons (Fsp3) is 0.250. The number of hydrogen-bond donors (Lipinski definition) is 2. The van der Waals surface area contributed by atoms with Crippen LogP contribution in [0.1, 0.15) is 0 Å². The van der Waals surface area contributed by atoms with Crippen LogP contribution in [0.25, 0.3) is 0 Å². The number of carbonyl (C=O) groups is 1. The second kappa shape index (κ2) is 2.80. The molecule has 0 aliphatic carbocycles. The first-order chi connectivity index (χ1) is 5.50. The Hall–Kier alpha value is -1.60. The maximum absolute atomic E-state index is 11.6. The molecule has 0 atom stereocenters. The Kier molecular flexibility index (Phi) is 1.98. The number of nitrogens with zero attached hydrogens (tertiary/aromatic N) is 2. The van der Waals surface area contributed by atoms with Crippen LogP contribution < -0.4 is 5.32 Å². The van der Waals surface area contributed by atoms with E-state index in [0.29, 0.717) is 0 Å². The highest BCUT2D eigenvalue weighted by Crippen LogP contribution is 2.16. The van der Waals surface area contributed by atoms with Crippen molar-refractivity contribution in [3.63, 3.8) is 0 Å². The van der Waals surface area contributed by atoms with E-state index in [4.69, 9.17) is 0 Å². The van der Waals surface area contributed by atoms with Crippen molar-refractivity contribution in [3.8, 4) is 0 Å². The van der Waals surface area contributed by atoms with Crippen LogP contribution in [0.5, 0.6) is 0 Å². The summed E-state index contributed by atoms with van der Waals surface area (Å²) >= 11 is 0. The third kappa shape index (κ3) is 1.94. The lowest BCUT2D eigenvalue weighted by Crippen LogP contribution is -2.30. The van der Waals surface area contributed by atoms with Crippen molar-refractivity contribution in [2.45, 2.75) is 6.18 Å². The zero-order valence-electron chi connectivity index (χ0n) is 5.51. The van der Waals surface area contributed by atoms with Crippen LogP contribution in [-0.4, -0.2) is 27.5 Å². The van der Waals surface area contributed by atoms with Gasteiger partial charge in [-0.15, -0.1) is 5.10 Å². The molecule has 1 aromatic rings. The Bertz CT molecular complexity index is 266. The normalized spacial score (nSPS) is 11.2. The number of nitrogens with one attached hydrogen (secondary N) is 2. The van der Waals surface area contributed by atoms with E-state index in [-0.39, 0.29) is 5.82 Å². The van der Waals surface area contributed by atoms with Gasteiger partial charge in [0.2, 0.25) is 0 Å². The second-order valence-corrected chi connectivity index (χ2v) is 1.81. The van der Waals surface area contributed by atoms with E-state index in [0.717, 1.165) is 6.20 Å². The van der Waals surface area contributed by atoms with Gasteiger partial charge in [-0.2, -0.15) is 23.5 Å². The molecule has 1 aromatic heterocycles. The molecule has 0 spiro atoms. The number of hydrogen-bond acceptors (Lipinski definition) is 3. The average molecular weight is 180 g/mol. The van der Waals surface area contributed by atoms with Gasteiger partial charge in [0.05, 0.1) is 6.20 Å². The molecule has 5 nitrogen and oxygen atoms in total. The Balaban J connectivity index is 2.60. The molecule has 0 aliphatic heterocycles. The lowest BCUT2D eigenvalue weighted by Gasteiger charge is -2.03. The molecule has 2 N–H and O–H groups in total. The van der Waals surface area contributed by atoms with Crippen molar-refractivity contribution in [3.05, 3.63) is 6.20 Å². The second-order valence-electron chi connectivity index (χ2n) is 1.81. The molecule has 0 saturated carbocycles. The molecule has 66 valence electrons. The summed E-state index contributed by atoms with van der Waals surface area (Å²) in [5.74, 6) is -2.34. The molecule has 1 amide bonds. The number of amides is 1. The van der Waals surface area contributed by atoms with E-state index >= 15 is 0 Å². The summed E-state index contributed by atoms with van der Waals surface area (Å²) in [4.78, 5) is 10.2. The first-order valence-corrected chi connectivity index (χ1v) is 2.74. The predicted octanol–water partition coefficient (Wildman–Crippen LogP) is 0.305. The SMILES string of the molecule is O=C(Nc1cn[nH]n1)C(F)(F)F. The Labute approximate surface area is 64.0 Å². The first kappa shape index (κ1) is 8.50. The quantitative estimate of drug-likeness (QED) is 0.653. The van der Waals surface area contributed by atoms with Crippen LogP contribution in [0.3, 0.4) is 0 Å². The van der Waals surface area contributed by atoms with Crippen LogP contribution in [0.15, 0.2) is 6.20 Å². The van der Waals surface area contributed by atoms with Crippen LogP contribution in [-0.2, 0) is 4.79 Å². The summed E-state index contributed by atoms with van der Waals surface area (Å²) in [7, 11) is 0. The van der Waals surface area contributed by atoms with Crippen molar-refractivity contribution < 1.29 is 18.0 Å². The van der Waals surface area contributed by atoms with Gasteiger partial charge < -0.3 is 0 Å². The number of H-pyrrole nitrogens is 1. The standard InChI is InChI=1S/C4H3F3N4O/c5-4(6,7)3(12)9-2-1-8-11-10-2/h1H,(H2,8,9,10,11,12). The number of alkyl halides is 3. The van der Waals surface area contributed by atoms with Crippen LogP contribution >= 0.6 is 0 Å². The third-order valence-corrected chi connectivity index (χ3v) is 0.914. The lowest BCUT2D eigenvalue weighted by molar-refractivity contribution is -0.167. The molecule has 0 fully saturated rings. The van der Waals surface area contributed by atoms with Crippen molar-refractivity contribution in [1.29, 1.82) is 0 Å². The minimum atomic E-state index is -4.90. The van der Waals surface area contributed by atoms with Gasteiger partial charge in [-0.25, -0.2) is 0 Å². The summed E-state index contributed by atoms with van der Waals surface area (Å²) in [5.41, 5.74) is 0. The number of anilines is 1. The Morgan fingerprint density at radius 2 is 2.25 bits per heavy atom. The molecule has 1 rings (SSSR count). The number of carbonyl (C=O) groups excluding carboxylic acids is 1. The highest BCUT2D eigenvalue weighted by molar-refractivity contribution is 5.93. The summed E-state index contributed by atoms with van der Waals surface area (Å²) in [6.45, 7) is 0. The minimum absolute atomic E-state index is 0.266. The Morgan fingerprint density at radius 1 is 1.58 bits per heavy atom. The van der Waals surface area contributed by atoms with E-state index < -0.39 is 12.1 Å². The summed E-state index contributed by atoms with van der Waals surface area (Å²) in [6.07, 6.45) is -3.94. The molecule has 0 saturated heterocycles. The fourth-order valence-corrected chi connectivity index (χ4v) is 0.449. The Morgan fingerprint density at radius 3 is 2.67 bits per heavy atom. The molecular weight excluding hydrogens is 177 g/mol. The molecule has 0 aromatic carbocycles. The van der Waals surface area contributed by atoms with Gasteiger partial charge in [0.15, 0.2) is 5.82 Å². The van der Waals surface area contributed by atoms with E-state index in [1.807, 2.05) is 5.21 Å². The maximum atomic E-state index is 11.6. The van der Waals surface area contributed by atoms with Gasteiger partial charge >= 0.3 is 12.1 Å². The number of halogens is 3. The largest absolute Gasteiger partial charge is 0.471 e. The molecular formula is C4H3F3N4O. The average Bonchev–Trinajstić information content (AvgIpc) is 2.37. The lowest BCUT2D eigenvalue weighted by atomic mass is 10.5. The van der Waals surface area contributed by atoms with E-state index in [2.05, 4.69) is 10.2 Å². The first-order valence-electron chi connectivity index (χ1n) is 2.74. The van der Waals surface area contributed by atoms with Gasteiger partial charge in [-0.3, -0.25) is 10.1 Å². The van der Waals surface area contributed by atoms with Crippen molar-refractivity contribution in [2.24, 2.45) is 0 Å². The zero-order chi connectivity index (χ0) is 9.19. The number of aromatic amines is 1. The molecule has 0 radical (unpaired) electrons. The highest BCUT2D eigenvalue weighted by atomic mass is 19.4. The fourth-order valence-electron chi connectivity index (χ4n) is 0.449. The van der Waals surface area contributed by atoms with Gasteiger partial charge in [-0.1, -0.05) is 0 Å². The molecule has 1 heterocycles. The van der Waals surface area contributed by atoms with Gasteiger partial charge in [0.25, 0.3) is 0 Å². The summed E-state index contributed by atoms with van der Waals surface area (Å²) in [6, 6.07) is 0. The molecule has 0 bridgehead atoms. The van der Waals surface area contributed by atoms with Crippen LogP contribution in [0.2, 0.25) is 0 Å². The molecule has 0 aliphatic rings.